The Morgan fingerprint density at radius 2 is 2.00 bits per heavy atom. The lowest BCUT2D eigenvalue weighted by Crippen LogP contribution is -2.42. The van der Waals surface area contributed by atoms with E-state index in [0.29, 0.717) is 23.9 Å². The Labute approximate surface area is 128 Å². The Morgan fingerprint density at radius 3 is 2.52 bits per heavy atom. The monoisotopic (exact) mass is 292 g/mol. The minimum atomic E-state index is 0.110. The van der Waals surface area contributed by atoms with Gasteiger partial charge in [-0.2, -0.15) is 0 Å². The molecule has 0 spiro atoms. The van der Waals surface area contributed by atoms with Crippen molar-refractivity contribution < 1.29 is 9.53 Å². The van der Waals surface area contributed by atoms with Gasteiger partial charge in [0.1, 0.15) is 5.75 Å². The van der Waals surface area contributed by atoms with Crippen molar-refractivity contribution in [3.63, 3.8) is 0 Å². The number of aryl methyl sites for hydroxylation is 1. The molecule has 0 aliphatic heterocycles. The van der Waals surface area contributed by atoms with Gasteiger partial charge in [-0.1, -0.05) is 13.0 Å². The number of ketones is 1. The maximum Gasteiger partial charge on any atom is 0.180 e. The van der Waals surface area contributed by atoms with Gasteiger partial charge in [0.25, 0.3) is 0 Å². The highest BCUT2D eigenvalue weighted by atomic mass is 16.5. The van der Waals surface area contributed by atoms with Gasteiger partial charge in [0.15, 0.2) is 5.78 Å². The van der Waals surface area contributed by atoms with Gasteiger partial charge in [-0.05, 0) is 52.2 Å². The lowest BCUT2D eigenvalue weighted by molar-refractivity contribution is 0.0885. The van der Waals surface area contributed by atoms with Crippen molar-refractivity contribution >= 4 is 5.78 Å². The molecule has 0 heterocycles. The van der Waals surface area contributed by atoms with Crippen molar-refractivity contribution in [2.75, 3.05) is 40.8 Å². The molecule has 0 aliphatic carbocycles. The third-order valence-electron chi connectivity index (χ3n) is 3.66. The predicted octanol–water partition coefficient (Wildman–Crippen LogP) is 2.46. The fraction of sp³-hybridized carbons (Fsp3) is 0.588. The van der Waals surface area contributed by atoms with E-state index in [4.69, 9.17) is 4.74 Å². The molecule has 1 rings (SSSR count). The molecule has 0 aromatic heterocycles. The zero-order valence-electron chi connectivity index (χ0n) is 14.1. The molecule has 0 saturated heterocycles. The number of nitrogens with zero attached hydrogens (tertiary/aromatic N) is 2. The van der Waals surface area contributed by atoms with Crippen molar-refractivity contribution in [1.82, 2.24) is 9.80 Å². The van der Waals surface area contributed by atoms with Crippen molar-refractivity contribution in [3.8, 4) is 5.75 Å². The fourth-order valence-electron chi connectivity index (χ4n) is 2.52. The third-order valence-corrected chi connectivity index (χ3v) is 3.66. The number of hydrogen-bond donors (Lipinski definition) is 0. The van der Waals surface area contributed by atoms with E-state index < -0.39 is 0 Å². The van der Waals surface area contributed by atoms with E-state index in [9.17, 15) is 4.79 Å². The summed E-state index contributed by atoms with van der Waals surface area (Å²) in [6.07, 6.45) is 0. The van der Waals surface area contributed by atoms with Crippen molar-refractivity contribution in [2.45, 2.75) is 26.8 Å². The first-order valence-corrected chi connectivity index (χ1v) is 7.45. The Hall–Kier alpha value is -1.39. The van der Waals surface area contributed by atoms with Gasteiger partial charge >= 0.3 is 0 Å². The topological polar surface area (TPSA) is 32.8 Å². The molecule has 4 heteroatoms. The van der Waals surface area contributed by atoms with E-state index in [-0.39, 0.29) is 5.78 Å². The number of Topliss-reactive ketones (excluding diaryl/α,β-unsaturated/α-hetero) is 1. The lowest BCUT2D eigenvalue weighted by atomic mass is 10.1. The molecule has 1 aromatic rings. The number of rotatable bonds is 8. The molecule has 1 aromatic carbocycles. The zero-order valence-corrected chi connectivity index (χ0v) is 14.1. The Bertz CT molecular complexity index is 472. The van der Waals surface area contributed by atoms with E-state index in [1.807, 2.05) is 25.1 Å². The first-order chi connectivity index (χ1) is 9.88. The second-order valence-electron chi connectivity index (χ2n) is 5.80. The van der Waals surface area contributed by atoms with Crippen LogP contribution in [0.5, 0.6) is 5.75 Å². The highest BCUT2D eigenvalue weighted by Crippen LogP contribution is 2.21. The van der Waals surface area contributed by atoms with Gasteiger partial charge in [-0.25, -0.2) is 0 Å². The van der Waals surface area contributed by atoms with Crippen LogP contribution in [-0.4, -0.2) is 62.5 Å². The summed E-state index contributed by atoms with van der Waals surface area (Å²) in [6, 6.07) is 6.06. The quantitative estimate of drug-likeness (QED) is 0.689. The zero-order chi connectivity index (χ0) is 16.0. The number of benzene rings is 1. The van der Waals surface area contributed by atoms with Crippen LogP contribution in [0.2, 0.25) is 0 Å². The van der Waals surface area contributed by atoms with Crippen LogP contribution in [0, 0.1) is 6.92 Å². The lowest BCUT2D eigenvalue weighted by Gasteiger charge is -2.29. The molecule has 0 fully saturated rings. The van der Waals surface area contributed by atoms with Crippen LogP contribution in [0.25, 0.3) is 0 Å². The van der Waals surface area contributed by atoms with Crippen LogP contribution in [-0.2, 0) is 0 Å². The highest BCUT2D eigenvalue weighted by molar-refractivity contribution is 6.00. The molecule has 0 amide bonds. The Morgan fingerprint density at radius 1 is 1.33 bits per heavy atom. The van der Waals surface area contributed by atoms with Crippen molar-refractivity contribution in [1.29, 1.82) is 0 Å². The minimum Gasteiger partial charge on any atom is -0.496 e. The number of ether oxygens (including phenoxy) is 1. The first kappa shape index (κ1) is 17.7. The molecule has 0 aliphatic rings. The van der Waals surface area contributed by atoms with Crippen LogP contribution in [0.1, 0.15) is 29.8 Å². The second kappa shape index (κ2) is 8.15. The van der Waals surface area contributed by atoms with Gasteiger partial charge < -0.3 is 9.64 Å². The van der Waals surface area contributed by atoms with E-state index in [2.05, 4.69) is 37.7 Å². The molecule has 0 N–H and O–H groups in total. The molecule has 21 heavy (non-hydrogen) atoms. The number of carbonyl (C=O) groups excluding carboxylic acids is 1. The van der Waals surface area contributed by atoms with E-state index >= 15 is 0 Å². The smallest absolute Gasteiger partial charge is 0.180 e. The summed E-state index contributed by atoms with van der Waals surface area (Å²) in [4.78, 5) is 16.9. The minimum absolute atomic E-state index is 0.110. The van der Waals surface area contributed by atoms with E-state index in [0.717, 1.165) is 18.7 Å². The summed E-state index contributed by atoms with van der Waals surface area (Å²) in [5.74, 6) is 0.774. The molecular formula is C17H28N2O2. The average Bonchev–Trinajstić information content (AvgIpc) is 2.43. The van der Waals surface area contributed by atoms with Gasteiger partial charge in [-0.15, -0.1) is 0 Å². The van der Waals surface area contributed by atoms with Crippen molar-refractivity contribution in [3.05, 3.63) is 29.3 Å². The van der Waals surface area contributed by atoms with Gasteiger partial charge in [0.05, 0.1) is 19.2 Å². The maximum atomic E-state index is 12.6. The fourth-order valence-corrected chi connectivity index (χ4v) is 2.52. The van der Waals surface area contributed by atoms with Crippen LogP contribution < -0.4 is 4.74 Å². The van der Waals surface area contributed by atoms with Crippen LogP contribution in [0.15, 0.2) is 18.2 Å². The van der Waals surface area contributed by atoms with Crippen molar-refractivity contribution in [2.24, 2.45) is 0 Å². The van der Waals surface area contributed by atoms with Crippen LogP contribution >= 0.6 is 0 Å². The summed E-state index contributed by atoms with van der Waals surface area (Å²) < 4.78 is 5.34. The third kappa shape index (κ3) is 5.14. The van der Waals surface area contributed by atoms with Gasteiger partial charge in [0, 0.05) is 12.6 Å². The second-order valence-corrected chi connectivity index (χ2v) is 5.80. The Kier molecular flexibility index (Phi) is 6.85. The molecule has 0 radical (unpaired) electrons. The predicted molar refractivity (Wildman–Crippen MR) is 87.3 cm³/mol. The van der Waals surface area contributed by atoms with Gasteiger partial charge in [-0.3, -0.25) is 9.69 Å². The molecule has 0 saturated carbocycles. The van der Waals surface area contributed by atoms with Crippen LogP contribution in [0.4, 0.5) is 0 Å². The normalized spacial score (nSPS) is 12.8. The summed E-state index contributed by atoms with van der Waals surface area (Å²) >= 11 is 0. The number of carbonyl (C=O) groups is 1. The van der Waals surface area contributed by atoms with E-state index in [1.165, 1.54) is 0 Å². The standard InChI is InChI=1S/C17H28N2O2/c1-7-19(14(3)11-18(4)5)12-16(20)15-9-8-13(2)10-17(15)21-6/h8-10,14H,7,11-12H2,1-6H3. The summed E-state index contributed by atoms with van der Waals surface area (Å²) in [7, 11) is 5.71. The average molecular weight is 292 g/mol. The molecular weight excluding hydrogens is 264 g/mol. The number of methoxy groups -OCH3 is 1. The summed E-state index contributed by atoms with van der Waals surface area (Å²) in [5, 5.41) is 0. The molecule has 118 valence electrons. The SMILES string of the molecule is CCN(CC(=O)c1ccc(C)cc1OC)C(C)CN(C)C. The molecule has 4 nitrogen and oxygen atoms in total. The number of likely N-dealkylation sites (N-methyl/N-ethyl adjacent to an activating group) is 2. The largest absolute Gasteiger partial charge is 0.496 e. The summed E-state index contributed by atoms with van der Waals surface area (Å²) in [6.45, 7) is 8.45. The Balaban J connectivity index is 2.83. The van der Waals surface area contributed by atoms with E-state index in [1.54, 1.807) is 7.11 Å². The molecule has 0 bridgehead atoms. The molecule has 1 atom stereocenters. The maximum absolute atomic E-state index is 12.6. The summed E-state index contributed by atoms with van der Waals surface area (Å²) in [5.41, 5.74) is 1.76. The first-order valence-electron chi connectivity index (χ1n) is 7.45. The highest BCUT2D eigenvalue weighted by Gasteiger charge is 2.19. The molecule has 1 unspecified atom stereocenters. The van der Waals surface area contributed by atoms with Crippen LogP contribution in [0.3, 0.4) is 0 Å². The number of hydrogen-bond acceptors (Lipinski definition) is 4. The van der Waals surface area contributed by atoms with Gasteiger partial charge in [0.2, 0.25) is 0 Å².